The van der Waals surface area contributed by atoms with Crippen molar-refractivity contribution in [2.75, 3.05) is 6.61 Å². The van der Waals surface area contributed by atoms with Crippen molar-refractivity contribution in [3.8, 4) is 0 Å². The van der Waals surface area contributed by atoms with E-state index in [4.69, 9.17) is 9.84 Å². The van der Waals surface area contributed by atoms with Crippen LogP contribution in [0, 0.1) is 5.82 Å². The van der Waals surface area contributed by atoms with Gasteiger partial charge >= 0.3 is 6.09 Å². The van der Waals surface area contributed by atoms with E-state index in [1.807, 2.05) is 0 Å². The topological polar surface area (TPSA) is 70.0 Å². The number of aliphatic hydroxyl groups excluding tert-OH is 1. The van der Waals surface area contributed by atoms with Crippen molar-refractivity contribution in [2.24, 2.45) is 0 Å². The van der Waals surface area contributed by atoms with E-state index < -0.39 is 23.6 Å². The van der Waals surface area contributed by atoms with Gasteiger partial charge in [-0.15, -0.1) is 0 Å². The normalized spacial score (nSPS) is 12.9. The summed E-state index contributed by atoms with van der Waals surface area (Å²) in [5.74, 6) is -0.418. The third kappa shape index (κ3) is 4.79. The van der Waals surface area contributed by atoms with Crippen molar-refractivity contribution >= 4 is 6.09 Å². The summed E-state index contributed by atoms with van der Waals surface area (Å²) in [5, 5.41) is 19.4. The molecule has 0 heterocycles. The lowest BCUT2D eigenvalue weighted by molar-refractivity contribution is -0.125. The highest BCUT2D eigenvalue weighted by molar-refractivity contribution is 5.67. The minimum atomic E-state index is -0.916. The van der Waals surface area contributed by atoms with E-state index in [-0.39, 0.29) is 13.0 Å². The van der Waals surface area contributed by atoms with E-state index in [1.54, 1.807) is 20.8 Å². The lowest BCUT2D eigenvalue weighted by atomic mass is 10.0. The van der Waals surface area contributed by atoms with E-state index in [9.17, 15) is 14.4 Å². The average Bonchev–Trinajstić information content (AvgIpc) is 2.34. The van der Waals surface area contributed by atoms with Crippen molar-refractivity contribution < 1.29 is 24.2 Å². The molecule has 0 saturated heterocycles. The molecule has 0 bridgehead atoms. The summed E-state index contributed by atoms with van der Waals surface area (Å²) in [5.41, 5.74) is -0.237. The fourth-order valence-corrected chi connectivity index (χ4v) is 1.67. The Morgan fingerprint density at radius 2 is 1.90 bits per heavy atom. The van der Waals surface area contributed by atoms with Gasteiger partial charge in [0, 0.05) is 6.61 Å². The number of aliphatic hydroxyl groups is 1. The number of rotatable bonds is 4. The van der Waals surface area contributed by atoms with Crippen LogP contribution in [0.15, 0.2) is 24.3 Å². The van der Waals surface area contributed by atoms with Crippen LogP contribution in [0.5, 0.6) is 0 Å². The SMILES string of the molecule is CC(C)(C)OC(=O)N(O)C(CCO)c1ccc(F)cc1. The molecule has 6 heteroatoms. The van der Waals surface area contributed by atoms with Crippen LogP contribution in [0.3, 0.4) is 0 Å². The Kier molecular flexibility index (Phi) is 5.47. The van der Waals surface area contributed by atoms with Gasteiger partial charge in [0.1, 0.15) is 11.4 Å². The van der Waals surface area contributed by atoms with Gasteiger partial charge in [0.15, 0.2) is 0 Å². The van der Waals surface area contributed by atoms with Gasteiger partial charge in [-0.1, -0.05) is 12.1 Å². The molecule has 2 N–H and O–H groups in total. The standard InChI is InChI=1S/C14H20FNO4/c1-14(2,3)20-13(18)16(19)12(8-9-17)10-4-6-11(15)7-5-10/h4-7,12,17,19H,8-9H2,1-3H3. The number of hydrogen-bond acceptors (Lipinski definition) is 4. The second-order valence-electron chi connectivity index (χ2n) is 5.40. The Balaban J connectivity index is 2.90. The summed E-state index contributed by atoms with van der Waals surface area (Å²) in [6, 6.07) is 4.55. The first kappa shape index (κ1) is 16.4. The number of hydroxylamine groups is 2. The molecular formula is C14H20FNO4. The van der Waals surface area contributed by atoms with E-state index >= 15 is 0 Å². The van der Waals surface area contributed by atoms with E-state index in [2.05, 4.69) is 0 Å². The lowest BCUT2D eigenvalue weighted by Gasteiger charge is -2.28. The minimum Gasteiger partial charge on any atom is -0.442 e. The number of amides is 1. The maximum absolute atomic E-state index is 12.9. The van der Waals surface area contributed by atoms with Gasteiger partial charge in [-0.3, -0.25) is 5.21 Å². The Labute approximate surface area is 117 Å². The van der Waals surface area contributed by atoms with Crippen LogP contribution < -0.4 is 0 Å². The lowest BCUT2D eigenvalue weighted by Crippen LogP contribution is -2.37. The number of nitrogens with zero attached hydrogens (tertiary/aromatic N) is 1. The number of hydrogen-bond donors (Lipinski definition) is 2. The Morgan fingerprint density at radius 1 is 1.35 bits per heavy atom. The Morgan fingerprint density at radius 3 is 2.35 bits per heavy atom. The molecule has 20 heavy (non-hydrogen) atoms. The highest BCUT2D eigenvalue weighted by Crippen LogP contribution is 2.24. The molecule has 1 aromatic carbocycles. The maximum Gasteiger partial charge on any atom is 0.434 e. The van der Waals surface area contributed by atoms with Gasteiger partial charge in [0.2, 0.25) is 0 Å². The molecular weight excluding hydrogens is 265 g/mol. The van der Waals surface area contributed by atoms with Crippen LogP contribution in [-0.2, 0) is 4.74 Å². The zero-order chi connectivity index (χ0) is 15.3. The molecule has 0 saturated carbocycles. The summed E-state index contributed by atoms with van der Waals surface area (Å²) in [6.45, 7) is 4.80. The molecule has 1 atom stereocenters. The predicted octanol–water partition coefficient (Wildman–Crippen LogP) is 2.88. The van der Waals surface area contributed by atoms with Crippen molar-refractivity contribution in [1.82, 2.24) is 5.06 Å². The Hall–Kier alpha value is -1.66. The predicted molar refractivity (Wildman–Crippen MR) is 70.7 cm³/mol. The number of carbonyl (C=O) groups is 1. The zero-order valence-electron chi connectivity index (χ0n) is 11.8. The highest BCUT2D eigenvalue weighted by atomic mass is 19.1. The fraction of sp³-hybridized carbons (Fsp3) is 0.500. The first-order valence-electron chi connectivity index (χ1n) is 6.32. The third-order valence-electron chi connectivity index (χ3n) is 2.53. The smallest absolute Gasteiger partial charge is 0.434 e. The molecule has 0 aliphatic heterocycles. The van der Waals surface area contributed by atoms with Gasteiger partial charge in [-0.25, -0.2) is 9.18 Å². The number of benzene rings is 1. The second-order valence-corrected chi connectivity index (χ2v) is 5.40. The highest BCUT2D eigenvalue weighted by Gasteiger charge is 2.28. The quantitative estimate of drug-likeness (QED) is 0.659. The van der Waals surface area contributed by atoms with Crippen molar-refractivity contribution in [3.05, 3.63) is 35.6 Å². The van der Waals surface area contributed by atoms with Crippen LogP contribution in [-0.4, -0.2) is 33.7 Å². The number of ether oxygens (including phenoxy) is 1. The van der Waals surface area contributed by atoms with Crippen LogP contribution >= 0.6 is 0 Å². The van der Waals surface area contributed by atoms with Crippen LogP contribution in [0.1, 0.15) is 38.8 Å². The molecule has 0 aromatic heterocycles. The molecule has 0 spiro atoms. The summed E-state index contributed by atoms with van der Waals surface area (Å²) in [4.78, 5) is 11.8. The molecule has 1 unspecified atom stereocenters. The molecule has 1 amide bonds. The molecule has 0 radical (unpaired) electrons. The number of halogens is 1. The monoisotopic (exact) mass is 285 g/mol. The van der Waals surface area contributed by atoms with E-state index in [1.165, 1.54) is 24.3 Å². The van der Waals surface area contributed by atoms with Crippen molar-refractivity contribution in [1.29, 1.82) is 0 Å². The second kappa shape index (κ2) is 6.67. The maximum atomic E-state index is 12.9. The first-order valence-corrected chi connectivity index (χ1v) is 6.32. The van der Waals surface area contributed by atoms with Gasteiger partial charge in [-0.2, -0.15) is 5.06 Å². The molecule has 112 valence electrons. The minimum absolute atomic E-state index is 0.112. The molecule has 0 aliphatic carbocycles. The number of carbonyl (C=O) groups excluding carboxylic acids is 1. The molecule has 1 rings (SSSR count). The van der Waals surface area contributed by atoms with Gasteiger partial charge in [0.25, 0.3) is 0 Å². The van der Waals surface area contributed by atoms with Crippen LogP contribution in [0.2, 0.25) is 0 Å². The summed E-state index contributed by atoms with van der Waals surface area (Å²) >= 11 is 0. The summed E-state index contributed by atoms with van der Waals surface area (Å²) in [7, 11) is 0. The fourth-order valence-electron chi connectivity index (χ4n) is 1.67. The largest absolute Gasteiger partial charge is 0.442 e. The average molecular weight is 285 g/mol. The van der Waals surface area contributed by atoms with Gasteiger partial charge in [-0.05, 0) is 44.9 Å². The van der Waals surface area contributed by atoms with E-state index in [0.717, 1.165) is 0 Å². The van der Waals surface area contributed by atoms with Crippen LogP contribution in [0.4, 0.5) is 9.18 Å². The first-order chi connectivity index (χ1) is 9.24. The van der Waals surface area contributed by atoms with Crippen molar-refractivity contribution in [3.63, 3.8) is 0 Å². The third-order valence-corrected chi connectivity index (χ3v) is 2.53. The molecule has 1 aromatic rings. The molecule has 0 aliphatic rings. The van der Waals surface area contributed by atoms with Gasteiger partial charge in [0.05, 0.1) is 6.04 Å². The molecule has 0 fully saturated rings. The zero-order valence-corrected chi connectivity index (χ0v) is 11.8. The van der Waals surface area contributed by atoms with E-state index in [0.29, 0.717) is 10.6 Å². The summed E-state index contributed by atoms with van der Waals surface area (Å²) < 4.78 is 18.0. The van der Waals surface area contributed by atoms with Gasteiger partial charge < -0.3 is 9.84 Å². The van der Waals surface area contributed by atoms with Crippen molar-refractivity contribution in [2.45, 2.75) is 38.8 Å². The van der Waals surface area contributed by atoms with Crippen LogP contribution in [0.25, 0.3) is 0 Å². The molecule has 5 nitrogen and oxygen atoms in total. The summed E-state index contributed by atoms with van der Waals surface area (Å²) in [6.07, 6.45) is -0.804. The Bertz CT molecular complexity index is 441.